The van der Waals surface area contributed by atoms with Crippen LogP contribution in [0.25, 0.3) is 10.8 Å². The van der Waals surface area contributed by atoms with Crippen molar-refractivity contribution in [2.75, 3.05) is 18.6 Å². The summed E-state index contributed by atoms with van der Waals surface area (Å²) in [5.41, 5.74) is 2.85. The topological polar surface area (TPSA) is 105 Å². The highest BCUT2D eigenvalue weighted by Gasteiger charge is 2.45. The predicted molar refractivity (Wildman–Crippen MR) is 133 cm³/mol. The molecule has 1 unspecified atom stereocenters. The molecule has 4 amide bonds. The number of imide groups is 1. The largest absolute Gasteiger partial charge is 0.497 e. The lowest BCUT2D eigenvalue weighted by Gasteiger charge is -2.29. The summed E-state index contributed by atoms with van der Waals surface area (Å²) in [6.07, 6.45) is -0.255. The Hall–Kier alpha value is -4.40. The fourth-order valence-corrected chi connectivity index (χ4v) is 3.96. The first-order valence-electron chi connectivity index (χ1n) is 11.5. The Morgan fingerprint density at radius 1 is 1.00 bits per heavy atom. The number of carbonyl (C=O) groups excluding carboxylic acids is 4. The first-order valence-corrected chi connectivity index (χ1v) is 11.5. The maximum absolute atomic E-state index is 13.2. The Labute approximate surface area is 208 Å². The van der Waals surface area contributed by atoms with E-state index in [4.69, 9.17) is 9.47 Å². The van der Waals surface area contributed by atoms with Gasteiger partial charge in [0.1, 0.15) is 17.5 Å². The number of hydrazine groups is 1. The third kappa shape index (κ3) is 5.14. The van der Waals surface area contributed by atoms with E-state index in [1.54, 1.807) is 44.2 Å². The molecule has 0 spiro atoms. The molecular formula is C27H27N3O6. The molecule has 1 aliphatic rings. The van der Waals surface area contributed by atoms with Crippen LogP contribution in [0.5, 0.6) is 11.5 Å². The van der Waals surface area contributed by atoms with Crippen molar-refractivity contribution in [1.29, 1.82) is 0 Å². The standard InChI is InChI=1S/C27H27N3O6/c1-17(2)26(33)30(23-15-25(32)29(27(23)34)20-9-12-21(35-3)13-10-20)28-24(31)16-36-22-11-8-18-6-4-5-7-19(18)14-22/h4-14,17,23H,15-16H2,1-3H3,(H,28,31). The van der Waals surface area contributed by atoms with Crippen molar-refractivity contribution in [3.63, 3.8) is 0 Å². The van der Waals surface area contributed by atoms with Crippen LogP contribution < -0.4 is 19.8 Å². The smallest absolute Gasteiger partial charge is 0.276 e. The molecule has 1 atom stereocenters. The molecule has 1 fully saturated rings. The number of nitrogens with zero attached hydrogens (tertiary/aromatic N) is 2. The van der Waals surface area contributed by atoms with Gasteiger partial charge in [-0.2, -0.15) is 0 Å². The molecule has 186 valence electrons. The van der Waals surface area contributed by atoms with Gasteiger partial charge in [-0.25, -0.2) is 9.91 Å². The van der Waals surface area contributed by atoms with Gasteiger partial charge < -0.3 is 9.47 Å². The van der Waals surface area contributed by atoms with Crippen molar-refractivity contribution in [3.05, 3.63) is 66.7 Å². The monoisotopic (exact) mass is 489 g/mol. The maximum Gasteiger partial charge on any atom is 0.276 e. The van der Waals surface area contributed by atoms with E-state index in [-0.39, 0.29) is 13.0 Å². The molecule has 0 radical (unpaired) electrons. The van der Waals surface area contributed by atoms with Crippen LogP contribution >= 0.6 is 0 Å². The third-order valence-electron chi connectivity index (χ3n) is 5.83. The first-order chi connectivity index (χ1) is 17.3. The van der Waals surface area contributed by atoms with E-state index in [0.717, 1.165) is 20.7 Å². The SMILES string of the molecule is COc1ccc(N2C(=O)CC(N(NC(=O)COc3ccc4ccccc4c3)C(=O)C(C)C)C2=O)cc1. The van der Waals surface area contributed by atoms with Crippen LogP contribution in [-0.4, -0.2) is 48.4 Å². The number of carbonyl (C=O) groups is 4. The van der Waals surface area contributed by atoms with Gasteiger partial charge in [-0.05, 0) is 47.2 Å². The van der Waals surface area contributed by atoms with Gasteiger partial charge >= 0.3 is 0 Å². The van der Waals surface area contributed by atoms with Gasteiger partial charge in [0.25, 0.3) is 11.8 Å². The minimum absolute atomic E-state index is 0.255. The van der Waals surface area contributed by atoms with Crippen LogP contribution in [-0.2, 0) is 19.2 Å². The highest BCUT2D eigenvalue weighted by molar-refractivity contribution is 6.23. The number of rotatable bonds is 7. The summed E-state index contributed by atoms with van der Waals surface area (Å²) >= 11 is 0. The average molecular weight is 490 g/mol. The van der Waals surface area contributed by atoms with Crippen molar-refractivity contribution in [3.8, 4) is 11.5 Å². The second-order valence-corrected chi connectivity index (χ2v) is 8.68. The number of fused-ring (bicyclic) bond motifs is 1. The van der Waals surface area contributed by atoms with Crippen molar-refractivity contribution in [1.82, 2.24) is 10.4 Å². The molecule has 3 aromatic rings. The average Bonchev–Trinajstić information content (AvgIpc) is 3.18. The summed E-state index contributed by atoms with van der Waals surface area (Å²) in [7, 11) is 1.51. The Kier molecular flexibility index (Phi) is 7.19. The molecule has 9 heteroatoms. The molecule has 0 aromatic heterocycles. The minimum atomic E-state index is -1.17. The van der Waals surface area contributed by atoms with E-state index in [0.29, 0.717) is 17.2 Å². The van der Waals surface area contributed by atoms with Gasteiger partial charge in [-0.3, -0.25) is 24.6 Å². The Morgan fingerprint density at radius 3 is 2.33 bits per heavy atom. The molecule has 0 saturated carbocycles. The minimum Gasteiger partial charge on any atom is -0.497 e. The zero-order chi connectivity index (χ0) is 25.8. The fourth-order valence-electron chi connectivity index (χ4n) is 3.96. The molecule has 0 aliphatic carbocycles. The van der Waals surface area contributed by atoms with Gasteiger partial charge in [-0.15, -0.1) is 0 Å². The number of anilines is 1. The highest BCUT2D eigenvalue weighted by Crippen LogP contribution is 2.27. The number of nitrogens with one attached hydrogen (secondary N) is 1. The second-order valence-electron chi connectivity index (χ2n) is 8.68. The molecule has 9 nitrogen and oxygen atoms in total. The Balaban J connectivity index is 1.48. The number of methoxy groups -OCH3 is 1. The van der Waals surface area contributed by atoms with E-state index >= 15 is 0 Å². The van der Waals surface area contributed by atoms with Crippen LogP contribution in [0.15, 0.2) is 66.7 Å². The summed E-state index contributed by atoms with van der Waals surface area (Å²) in [4.78, 5) is 52.7. The van der Waals surface area contributed by atoms with E-state index in [9.17, 15) is 19.2 Å². The molecule has 4 rings (SSSR count). The fraction of sp³-hybridized carbons (Fsp3) is 0.259. The zero-order valence-electron chi connectivity index (χ0n) is 20.3. The highest BCUT2D eigenvalue weighted by atomic mass is 16.5. The predicted octanol–water partition coefficient (Wildman–Crippen LogP) is 3.08. The molecule has 1 aliphatic heterocycles. The number of ether oxygens (including phenoxy) is 2. The van der Waals surface area contributed by atoms with Gasteiger partial charge in [0.2, 0.25) is 11.8 Å². The van der Waals surface area contributed by atoms with Gasteiger partial charge in [0.05, 0.1) is 19.2 Å². The quantitative estimate of drug-likeness (QED) is 0.404. The molecule has 3 aromatic carbocycles. The molecule has 36 heavy (non-hydrogen) atoms. The van der Waals surface area contributed by atoms with Gasteiger partial charge in [0.15, 0.2) is 6.61 Å². The Bertz CT molecular complexity index is 1300. The molecule has 1 saturated heterocycles. The summed E-state index contributed by atoms with van der Waals surface area (Å²) in [6, 6.07) is 18.4. The molecule has 1 heterocycles. The number of amides is 4. The summed E-state index contributed by atoms with van der Waals surface area (Å²) in [5, 5.41) is 2.95. The lowest BCUT2D eigenvalue weighted by Crippen LogP contribution is -2.56. The van der Waals surface area contributed by atoms with Crippen LogP contribution in [0.2, 0.25) is 0 Å². The van der Waals surface area contributed by atoms with Crippen molar-refractivity contribution in [2.24, 2.45) is 5.92 Å². The summed E-state index contributed by atoms with van der Waals surface area (Å²) < 4.78 is 10.7. The normalized spacial score (nSPS) is 15.3. The van der Waals surface area contributed by atoms with Crippen molar-refractivity contribution >= 4 is 40.1 Å². The third-order valence-corrected chi connectivity index (χ3v) is 5.83. The van der Waals surface area contributed by atoms with Crippen molar-refractivity contribution < 1.29 is 28.7 Å². The van der Waals surface area contributed by atoms with Crippen LogP contribution in [0.4, 0.5) is 5.69 Å². The van der Waals surface area contributed by atoms with E-state index in [1.807, 2.05) is 36.4 Å². The van der Waals surface area contributed by atoms with E-state index in [1.165, 1.54) is 7.11 Å². The van der Waals surface area contributed by atoms with E-state index < -0.39 is 35.6 Å². The summed E-state index contributed by atoms with van der Waals surface area (Å²) in [6.45, 7) is 2.92. The van der Waals surface area contributed by atoms with Crippen molar-refractivity contribution in [2.45, 2.75) is 26.3 Å². The molecule has 0 bridgehead atoms. The lowest BCUT2D eigenvalue weighted by atomic mass is 10.1. The number of hydrogen-bond acceptors (Lipinski definition) is 6. The van der Waals surface area contributed by atoms with E-state index in [2.05, 4.69) is 5.43 Å². The lowest BCUT2D eigenvalue weighted by molar-refractivity contribution is -0.150. The number of hydrogen-bond donors (Lipinski definition) is 1. The van der Waals surface area contributed by atoms with Crippen LogP contribution in [0, 0.1) is 5.92 Å². The zero-order valence-corrected chi connectivity index (χ0v) is 20.3. The van der Waals surface area contributed by atoms with Crippen LogP contribution in [0.1, 0.15) is 20.3 Å². The van der Waals surface area contributed by atoms with Crippen LogP contribution in [0.3, 0.4) is 0 Å². The summed E-state index contributed by atoms with van der Waals surface area (Å²) in [5.74, 6) is -1.65. The number of benzene rings is 3. The maximum atomic E-state index is 13.2. The molecule has 1 N–H and O–H groups in total. The molecular weight excluding hydrogens is 462 g/mol. The van der Waals surface area contributed by atoms with Gasteiger partial charge in [0, 0.05) is 5.92 Å². The first kappa shape index (κ1) is 24.7. The Morgan fingerprint density at radius 2 is 1.67 bits per heavy atom. The van der Waals surface area contributed by atoms with Gasteiger partial charge in [-0.1, -0.05) is 44.2 Å². The second kappa shape index (κ2) is 10.5.